The predicted octanol–water partition coefficient (Wildman–Crippen LogP) is 1.06. The second-order valence-corrected chi connectivity index (χ2v) is 7.44. The van der Waals surface area contributed by atoms with Gasteiger partial charge in [-0.2, -0.15) is 10.1 Å². The molecule has 0 bridgehead atoms. The maximum atomic E-state index is 12.4. The van der Waals surface area contributed by atoms with Crippen LogP contribution in [0.2, 0.25) is 0 Å². The van der Waals surface area contributed by atoms with E-state index in [1.807, 2.05) is 13.8 Å². The lowest BCUT2D eigenvalue weighted by Crippen LogP contribution is -2.38. The number of amides is 2. The van der Waals surface area contributed by atoms with Crippen molar-refractivity contribution in [2.45, 2.75) is 45.5 Å². The number of aromatic nitrogens is 4. The first kappa shape index (κ1) is 18.4. The number of rotatable bonds is 6. The quantitative estimate of drug-likeness (QED) is 0.772. The van der Waals surface area contributed by atoms with Crippen LogP contribution in [0.25, 0.3) is 0 Å². The molecule has 140 valence electrons. The van der Waals surface area contributed by atoms with E-state index in [-0.39, 0.29) is 17.9 Å². The number of nitrogens with one attached hydrogen (secondary N) is 2. The van der Waals surface area contributed by atoms with Crippen molar-refractivity contribution >= 4 is 23.6 Å². The number of H-pyrrole nitrogens is 1. The zero-order valence-electron chi connectivity index (χ0n) is 15.0. The van der Waals surface area contributed by atoms with Crippen molar-refractivity contribution in [2.75, 3.05) is 12.3 Å². The Morgan fingerprint density at radius 2 is 2.23 bits per heavy atom. The molecule has 0 aliphatic carbocycles. The summed E-state index contributed by atoms with van der Waals surface area (Å²) >= 11 is 1.44. The minimum atomic E-state index is -0.178. The van der Waals surface area contributed by atoms with Crippen molar-refractivity contribution in [3.05, 3.63) is 28.7 Å². The van der Waals surface area contributed by atoms with Gasteiger partial charge in [-0.25, -0.2) is 0 Å². The third kappa shape index (κ3) is 4.24. The van der Waals surface area contributed by atoms with Gasteiger partial charge in [0.05, 0.1) is 23.7 Å². The second-order valence-electron chi connectivity index (χ2n) is 6.45. The summed E-state index contributed by atoms with van der Waals surface area (Å²) in [5, 5.41) is 13.6. The molecule has 0 fully saturated rings. The number of carbonyl (C=O) groups is 2. The minimum absolute atomic E-state index is 0.0414. The number of aromatic amines is 1. The first-order valence-electron chi connectivity index (χ1n) is 8.45. The summed E-state index contributed by atoms with van der Waals surface area (Å²) < 4.78 is 5.03. The Labute approximate surface area is 155 Å². The van der Waals surface area contributed by atoms with Gasteiger partial charge in [0, 0.05) is 18.2 Å². The van der Waals surface area contributed by atoms with Gasteiger partial charge in [0.2, 0.25) is 11.8 Å². The highest BCUT2D eigenvalue weighted by molar-refractivity contribution is 7.99. The highest BCUT2D eigenvalue weighted by Crippen LogP contribution is 2.21. The van der Waals surface area contributed by atoms with Gasteiger partial charge in [0.25, 0.3) is 5.91 Å². The molecule has 9 nitrogen and oxygen atoms in total. The number of carbonyl (C=O) groups excluding carboxylic acids is 2. The van der Waals surface area contributed by atoms with Crippen molar-refractivity contribution in [3.8, 4) is 0 Å². The summed E-state index contributed by atoms with van der Waals surface area (Å²) in [6, 6.07) is 0.0520. The number of hydrogen-bond acceptors (Lipinski definition) is 7. The van der Waals surface area contributed by atoms with Crippen LogP contribution in [0.1, 0.15) is 47.3 Å². The van der Waals surface area contributed by atoms with Gasteiger partial charge in [-0.05, 0) is 27.2 Å². The molecular weight excluding hydrogens is 356 g/mol. The molecule has 0 saturated heterocycles. The lowest BCUT2D eigenvalue weighted by atomic mass is 10.0. The Morgan fingerprint density at radius 1 is 1.42 bits per heavy atom. The molecule has 26 heavy (non-hydrogen) atoms. The van der Waals surface area contributed by atoms with Crippen molar-refractivity contribution in [1.82, 2.24) is 30.6 Å². The SMILES string of the molecule is Cc1noc(CSCC(=O)N2CCc3c(C(=O)NC(C)C)n[nH]c3C2)n1. The fraction of sp³-hybridized carbons (Fsp3) is 0.562. The molecular formula is C16H22N6O3S. The van der Waals surface area contributed by atoms with Crippen LogP contribution < -0.4 is 5.32 Å². The van der Waals surface area contributed by atoms with Crippen LogP contribution in [0.15, 0.2) is 4.52 Å². The van der Waals surface area contributed by atoms with E-state index in [4.69, 9.17) is 4.52 Å². The first-order valence-corrected chi connectivity index (χ1v) is 9.61. The van der Waals surface area contributed by atoms with Crippen molar-refractivity contribution in [1.29, 1.82) is 0 Å². The number of aryl methyl sites for hydroxylation is 1. The summed E-state index contributed by atoms with van der Waals surface area (Å²) in [4.78, 5) is 30.5. The highest BCUT2D eigenvalue weighted by atomic mass is 32.2. The molecule has 0 unspecified atom stereocenters. The summed E-state index contributed by atoms with van der Waals surface area (Å²) in [7, 11) is 0. The topological polar surface area (TPSA) is 117 Å². The molecule has 2 aromatic heterocycles. The predicted molar refractivity (Wildman–Crippen MR) is 95.5 cm³/mol. The van der Waals surface area contributed by atoms with Crippen LogP contribution >= 0.6 is 11.8 Å². The summed E-state index contributed by atoms with van der Waals surface area (Å²) in [5.41, 5.74) is 2.17. The van der Waals surface area contributed by atoms with Gasteiger partial charge < -0.3 is 14.7 Å². The molecule has 3 heterocycles. The van der Waals surface area contributed by atoms with Gasteiger partial charge in [0.15, 0.2) is 11.5 Å². The van der Waals surface area contributed by atoms with Crippen LogP contribution in [0.4, 0.5) is 0 Å². The standard InChI is InChI=1S/C16H22N6O3S/c1-9(2)17-16(24)15-11-4-5-22(6-12(11)19-20-15)14(23)8-26-7-13-18-10(3)21-25-13/h9H,4-8H2,1-3H3,(H,17,24)(H,19,20). The van der Waals surface area contributed by atoms with Gasteiger partial charge in [-0.1, -0.05) is 5.16 Å². The molecule has 0 radical (unpaired) electrons. The second kappa shape index (κ2) is 7.90. The number of nitrogens with zero attached hydrogens (tertiary/aromatic N) is 4. The number of hydrogen-bond donors (Lipinski definition) is 2. The third-order valence-corrected chi connectivity index (χ3v) is 4.84. The molecule has 10 heteroatoms. The molecule has 2 amide bonds. The van der Waals surface area contributed by atoms with Crippen molar-refractivity contribution in [3.63, 3.8) is 0 Å². The van der Waals surface area contributed by atoms with Crippen LogP contribution in [0, 0.1) is 6.92 Å². The zero-order valence-corrected chi connectivity index (χ0v) is 15.9. The Kier molecular flexibility index (Phi) is 5.60. The molecule has 0 atom stereocenters. The fourth-order valence-electron chi connectivity index (χ4n) is 2.76. The van der Waals surface area contributed by atoms with Crippen LogP contribution in [0.5, 0.6) is 0 Å². The summed E-state index contributed by atoms with van der Waals surface area (Å²) in [6.45, 7) is 6.59. The number of fused-ring (bicyclic) bond motifs is 1. The fourth-order valence-corrected chi connectivity index (χ4v) is 3.52. The van der Waals surface area contributed by atoms with Crippen LogP contribution in [-0.2, 0) is 23.5 Å². The molecule has 0 aromatic carbocycles. The Balaban J connectivity index is 1.54. The van der Waals surface area contributed by atoms with E-state index in [1.54, 1.807) is 11.8 Å². The van der Waals surface area contributed by atoms with E-state index in [0.717, 1.165) is 11.3 Å². The lowest BCUT2D eigenvalue weighted by molar-refractivity contribution is -0.129. The lowest BCUT2D eigenvalue weighted by Gasteiger charge is -2.26. The molecule has 1 aliphatic heterocycles. The van der Waals surface area contributed by atoms with E-state index >= 15 is 0 Å². The maximum absolute atomic E-state index is 12.4. The Hall–Kier alpha value is -2.36. The monoisotopic (exact) mass is 378 g/mol. The van der Waals surface area contributed by atoms with E-state index in [9.17, 15) is 9.59 Å². The minimum Gasteiger partial charge on any atom is -0.348 e. The highest BCUT2D eigenvalue weighted by Gasteiger charge is 2.27. The van der Waals surface area contributed by atoms with E-state index < -0.39 is 0 Å². The number of thioether (sulfide) groups is 1. The van der Waals surface area contributed by atoms with Gasteiger partial charge >= 0.3 is 0 Å². The Morgan fingerprint density at radius 3 is 2.92 bits per heavy atom. The molecule has 1 aliphatic rings. The van der Waals surface area contributed by atoms with Gasteiger partial charge in [0.1, 0.15) is 0 Å². The normalized spacial score (nSPS) is 13.8. The van der Waals surface area contributed by atoms with Crippen molar-refractivity contribution in [2.24, 2.45) is 0 Å². The van der Waals surface area contributed by atoms with E-state index in [2.05, 4.69) is 25.7 Å². The largest absolute Gasteiger partial charge is 0.348 e. The maximum Gasteiger partial charge on any atom is 0.272 e. The molecule has 3 rings (SSSR count). The van der Waals surface area contributed by atoms with Crippen LogP contribution in [-0.4, -0.2) is 55.4 Å². The van der Waals surface area contributed by atoms with Crippen LogP contribution in [0.3, 0.4) is 0 Å². The van der Waals surface area contributed by atoms with Gasteiger partial charge in [-0.15, -0.1) is 11.8 Å². The smallest absolute Gasteiger partial charge is 0.272 e. The van der Waals surface area contributed by atoms with Gasteiger partial charge in [-0.3, -0.25) is 14.7 Å². The Bertz CT molecular complexity index is 800. The molecule has 2 N–H and O–H groups in total. The van der Waals surface area contributed by atoms with E-state index in [0.29, 0.717) is 48.4 Å². The summed E-state index contributed by atoms with van der Waals surface area (Å²) in [5.74, 6) is 1.82. The van der Waals surface area contributed by atoms with E-state index in [1.165, 1.54) is 11.8 Å². The summed E-state index contributed by atoms with van der Waals surface area (Å²) in [6.07, 6.45) is 0.617. The average molecular weight is 378 g/mol. The average Bonchev–Trinajstić information content (AvgIpc) is 3.19. The molecule has 0 saturated carbocycles. The molecule has 2 aromatic rings. The third-order valence-electron chi connectivity index (χ3n) is 3.94. The molecule has 0 spiro atoms. The first-order chi connectivity index (χ1) is 12.4. The zero-order chi connectivity index (χ0) is 18.7. The van der Waals surface area contributed by atoms with Crippen molar-refractivity contribution < 1.29 is 14.1 Å².